The van der Waals surface area contributed by atoms with Gasteiger partial charge in [-0.3, -0.25) is 4.79 Å². The molecule has 1 aromatic carbocycles. The molecule has 1 atom stereocenters. The van der Waals surface area contributed by atoms with E-state index in [-0.39, 0.29) is 5.88 Å². The number of nitrogens with one attached hydrogen (secondary N) is 1. The van der Waals surface area contributed by atoms with Gasteiger partial charge in [0.05, 0.1) is 5.88 Å². The molecule has 0 saturated carbocycles. The molecule has 4 heteroatoms. The lowest BCUT2D eigenvalue weighted by atomic mass is 10.3. The number of para-hydroxylation sites is 1. The first kappa shape index (κ1) is 10.0. The van der Waals surface area contributed by atoms with Gasteiger partial charge >= 0.3 is 0 Å². The Morgan fingerprint density at radius 1 is 1.46 bits per heavy atom. The van der Waals surface area contributed by atoms with E-state index in [2.05, 4.69) is 5.32 Å². The van der Waals surface area contributed by atoms with E-state index in [1.165, 1.54) is 0 Å². The Hall–Kier alpha value is -1.06. The molecule has 0 aromatic heterocycles. The van der Waals surface area contributed by atoms with Crippen molar-refractivity contribution in [3.63, 3.8) is 0 Å². The summed E-state index contributed by atoms with van der Waals surface area (Å²) in [6.45, 7) is 0. The summed E-state index contributed by atoms with van der Waals surface area (Å²) >= 11 is 5.26. The maximum absolute atomic E-state index is 10.9. The van der Waals surface area contributed by atoms with Crippen LogP contribution in [0, 0.1) is 0 Å². The minimum Gasteiger partial charge on any atom is -0.367 e. The van der Waals surface area contributed by atoms with Gasteiger partial charge in [-0.15, -0.1) is 11.6 Å². The van der Waals surface area contributed by atoms with Crippen molar-refractivity contribution in [3.05, 3.63) is 30.3 Å². The standard InChI is InChI=1S/C9H10ClNO2/c10-6-8(12)9(13)11-7-4-2-1-3-5-7/h1-5,9,11,13H,6H2. The second kappa shape index (κ2) is 4.84. The Morgan fingerprint density at radius 3 is 2.62 bits per heavy atom. The number of carbonyl (C=O) groups excluding carboxylic acids is 1. The average Bonchev–Trinajstić information content (AvgIpc) is 2.18. The Labute approximate surface area is 81.3 Å². The minimum absolute atomic E-state index is 0.193. The highest BCUT2D eigenvalue weighted by Crippen LogP contribution is 2.06. The number of halogens is 1. The van der Waals surface area contributed by atoms with Crippen LogP contribution in [0.5, 0.6) is 0 Å². The smallest absolute Gasteiger partial charge is 0.196 e. The van der Waals surface area contributed by atoms with Crippen LogP contribution in [0.25, 0.3) is 0 Å². The van der Waals surface area contributed by atoms with Gasteiger partial charge < -0.3 is 10.4 Å². The average molecular weight is 200 g/mol. The molecule has 0 spiro atoms. The zero-order valence-electron chi connectivity index (χ0n) is 6.90. The van der Waals surface area contributed by atoms with Crippen LogP contribution in [0.3, 0.4) is 0 Å². The van der Waals surface area contributed by atoms with Crippen molar-refractivity contribution in [2.75, 3.05) is 11.2 Å². The predicted molar refractivity (Wildman–Crippen MR) is 51.8 cm³/mol. The fourth-order valence-corrected chi connectivity index (χ4v) is 0.992. The molecule has 0 saturated heterocycles. The van der Waals surface area contributed by atoms with Crippen molar-refractivity contribution in [2.45, 2.75) is 6.23 Å². The summed E-state index contributed by atoms with van der Waals surface area (Å²) in [5.41, 5.74) is 0.688. The Morgan fingerprint density at radius 2 is 2.08 bits per heavy atom. The van der Waals surface area contributed by atoms with Crippen molar-refractivity contribution in [1.82, 2.24) is 0 Å². The fraction of sp³-hybridized carbons (Fsp3) is 0.222. The van der Waals surface area contributed by atoms with E-state index in [1.54, 1.807) is 24.3 Å². The van der Waals surface area contributed by atoms with E-state index in [0.29, 0.717) is 5.69 Å². The number of hydrogen-bond acceptors (Lipinski definition) is 3. The van der Waals surface area contributed by atoms with Crippen LogP contribution in [0.2, 0.25) is 0 Å². The third-order valence-corrected chi connectivity index (χ3v) is 1.78. The van der Waals surface area contributed by atoms with Gasteiger partial charge in [0.25, 0.3) is 0 Å². The van der Waals surface area contributed by atoms with Gasteiger partial charge in [-0.05, 0) is 12.1 Å². The number of rotatable bonds is 4. The third kappa shape index (κ3) is 3.05. The van der Waals surface area contributed by atoms with Gasteiger partial charge in [-0.2, -0.15) is 0 Å². The molecule has 0 fully saturated rings. The molecule has 0 amide bonds. The number of aliphatic hydroxyl groups is 1. The number of Topliss-reactive ketones (excluding diaryl/α,β-unsaturated/α-hetero) is 1. The van der Waals surface area contributed by atoms with Crippen LogP contribution in [-0.4, -0.2) is 23.0 Å². The van der Waals surface area contributed by atoms with E-state index in [0.717, 1.165) is 0 Å². The SMILES string of the molecule is O=C(CCl)C(O)Nc1ccccc1. The van der Waals surface area contributed by atoms with Crippen molar-refractivity contribution < 1.29 is 9.90 Å². The normalized spacial score (nSPS) is 12.2. The Bertz CT molecular complexity index is 276. The van der Waals surface area contributed by atoms with Gasteiger partial charge in [-0.1, -0.05) is 18.2 Å². The number of carbonyl (C=O) groups is 1. The zero-order valence-corrected chi connectivity index (χ0v) is 7.66. The number of hydrogen-bond donors (Lipinski definition) is 2. The molecular weight excluding hydrogens is 190 g/mol. The van der Waals surface area contributed by atoms with Gasteiger partial charge in [0.2, 0.25) is 0 Å². The zero-order chi connectivity index (χ0) is 9.68. The van der Waals surface area contributed by atoms with Crippen molar-refractivity contribution >= 4 is 23.1 Å². The summed E-state index contributed by atoms with van der Waals surface area (Å²) in [5.74, 6) is -0.633. The van der Waals surface area contributed by atoms with Gasteiger partial charge in [0.1, 0.15) is 0 Å². The second-order valence-electron chi connectivity index (χ2n) is 2.51. The monoisotopic (exact) mass is 199 g/mol. The van der Waals surface area contributed by atoms with Crippen LogP contribution in [0.4, 0.5) is 5.69 Å². The molecule has 0 heterocycles. The molecular formula is C9H10ClNO2. The van der Waals surface area contributed by atoms with Gasteiger partial charge in [-0.25, -0.2) is 0 Å². The van der Waals surface area contributed by atoms with E-state index >= 15 is 0 Å². The second-order valence-corrected chi connectivity index (χ2v) is 2.78. The number of alkyl halides is 1. The van der Waals surface area contributed by atoms with Crippen LogP contribution in [-0.2, 0) is 4.79 Å². The van der Waals surface area contributed by atoms with Crippen molar-refractivity contribution in [2.24, 2.45) is 0 Å². The summed E-state index contributed by atoms with van der Waals surface area (Å²) in [6.07, 6.45) is -1.22. The molecule has 0 aliphatic carbocycles. The molecule has 0 radical (unpaired) electrons. The lowest BCUT2D eigenvalue weighted by molar-refractivity contribution is -0.123. The fourth-order valence-electron chi connectivity index (χ4n) is 0.846. The molecule has 1 aromatic rings. The Balaban J connectivity index is 2.55. The third-order valence-electron chi connectivity index (χ3n) is 1.51. The predicted octanol–water partition coefficient (Wildman–Crippen LogP) is 1.22. The van der Waals surface area contributed by atoms with Gasteiger partial charge in [0.15, 0.2) is 12.0 Å². The summed E-state index contributed by atoms with van der Waals surface area (Å²) in [6, 6.07) is 8.97. The quantitative estimate of drug-likeness (QED) is 0.567. The van der Waals surface area contributed by atoms with Crippen molar-refractivity contribution in [3.8, 4) is 0 Å². The molecule has 0 aliphatic heterocycles. The molecule has 3 nitrogen and oxygen atoms in total. The number of anilines is 1. The number of ketones is 1. The molecule has 2 N–H and O–H groups in total. The topological polar surface area (TPSA) is 49.3 Å². The maximum Gasteiger partial charge on any atom is 0.196 e. The van der Waals surface area contributed by atoms with Crippen molar-refractivity contribution in [1.29, 1.82) is 0 Å². The summed E-state index contributed by atoms with van der Waals surface area (Å²) in [7, 11) is 0. The Kier molecular flexibility index (Phi) is 3.73. The minimum atomic E-state index is -1.22. The van der Waals surface area contributed by atoms with Gasteiger partial charge in [0, 0.05) is 5.69 Å². The molecule has 13 heavy (non-hydrogen) atoms. The first-order valence-electron chi connectivity index (χ1n) is 3.82. The highest BCUT2D eigenvalue weighted by molar-refractivity contribution is 6.28. The van der Waals surface area contributed by atoms with E-state index in [4.69, 9.17) is 11.6 Å². The number of benzene rings is 1. The molecule has 1 rings (SSSR count). The van der Waals surface area contributed by atoms with E-state index in [9.17, 15) is 9.90 Å². The summed E-state index contributed by atoms with van der Waals surface area (Å²) in [4.78, 5) is 10.9. The van der Waals surface area contributed by atoms with Crippen LogP contribution < -0.4 is 5.32 Å². The van der Waals surface area contributed by atoms with Crippen LogP contribution >= 0.6 is 11.6 Å². The summed E-state index contributed by atoms with van der Waals surface area (Å²) < 4.78 is 0. The van der Waals surface area contributed by atoms with E-state index in [1.807, 2.05) is 6.07 Å². The van der Waals surface area contributed by atoms with E-state index < -0.39 is 12.0 Å². The lowest BCUT2D eigenvalue weighted by Gasteiger charge is -2.10. The largest absolute Gasteiger partial charge is 0.367 e. The molecule has 0 bridgehead atoms. The van der Waals surface area contributed by atoms with Crippen LogP contribution in [0.15, 0.2) is 30.3 Å². The number of aliphatic hydroxyl groups excluding tert-OH is 1. The highest BCUT2D eigenvalue weighted by Gasteiger charge is 2.12. The first-order valence-corrected chi connectivity index (χ1v) is 4.36. The molecule has 70 valence electrons. The van der Waals surface area contributed by atoms with Crippen LogP contribution in [0.1, 0.15) is 0 Å². The molecule has 1 unspecified atom stereocenters. The molecule has 0 aliphatic rings. The summed E-state index contributed by atoms with van der Waals surface area (Å²) in [5, 5.41) is 11.8. The highest BCUT2D eigenvalue weighted by atomic mass is 35.5. The maximum atomic E-state index is 10.9. The lowest BCUT2D eigenvalue weighted by Crippen LogP contribution is -2.29. The first-order chi connectivity index (χ1) is 6.24.